The summed E-state index contributed by atoms with van der Waals surface area (Å²) in [6.45, 7) is 6.18. The van der Waals surface area contributed by atoms with Crippen molar-refractivity contribution in [1.82, 2.24) is 0 Å². The molecule has 2 aromatic rings. The molecular formula is C19H21BrClN2O2+. The number of anilines is 1. The van der Waals surface area contributed by atoms with Crippen LogP contribution in [-0.4, -0.2) is 31.3 Å². The molecule has 2 rings (SSSR count). The summed E-state index contributed by atoms with van der Waals surface area (Å²) in [5.41, 5.74) is 1.31. The molecule has 0 bridgehead atoms. The molecule has 4 nitrogen and oxygen atoms in total. The zero-order valence-electron chi connectivity index (χ0n) is 14.2. The Kier molecular flexibility index (Phi) is 7.17. The van der Waals surface area contributed by atoms with Gasteiger partial charge in [0.1, 0.15) is 0 Å². The maximum atomic E-state index is 12.9. The summed E-state index contributed by atoms with van der Waals surface area (Å²) in [4.78, 5) is 26.4. The highest BCUT2D eigenvalue weighted by molar-refractivity contribution is 9.10. The lowest BCUT2D eigenvalue weighted by molar-refractivity contribution is -0.888. The van der Waals surface area contributed by atoms with Gasteiger partial charge in [-0.05, 0) is 44.2 Å². The minimum atomic E-state index is -0.225. The van der Waals surface area contributed by atoms with E-state index in [1.54, 1.807) is 42.5 Å². The normalized spacial score (nSPS) is 10.8. The Balaban J connectivity index is 2.30. The summed E-state index contributed by atoms with van der Waals surface area (Å²) < 4.78 is 0.760. The molecule has 0 unspecified atom stereocenters. The molecule has 6 heteroatoms. The predicted octanol–water partition coefficient (Wildman–Crippen LogP) is 3.20. The fourth-order valence-electron chi connectivity index (χ4n) is 2.53. The first kappa shape index (κ1) is 19.6. The monoisotopic (exact) mass is 423 g/mol. The number of ketones is 1. The second-order valence-corrected chi connectivity index (χ2v) is 7.00. The number of likely N-dealkylation sites (N-methyl/N-ethyl adjacent to an activating group) is 1. The molecule has 1 amide bonds. The second kappa shape index (κ2) is 9.13. The summed E-state index contributed by atoms with van der Waals surface area (Å²) in [6, 6.07) is 12.1. The van der Waals surface area contributed by atoms with Crippen LogP contribution in [0.4, 0.5) is 5.69 Å². The van der Waals surface area contributed by atoms with Gasteiger partial charge in [-0.15, -0.1) is 0 Å². The number of hydrogen-bond acceptors (Lipinski definition) is 2. The van der Waals surface area contributed by atoms with E-state index >= 15 is 0 Å². The number of carbonyl (C=O) groups is 2. The first-order chi connectivity index (χ1) is 12.0. The quantitative estimate of drug-likeness (QED) is 0.671. The Morgan fingerprint density at radius 2 is 1.76 bits per heavy atom. The molecule has 0 aromatic heterocycles. The third-order valence-corrected chi connectivity index (χ3v) is 4.85. The van der Waals surface area contributed by atoms with Crippen LogP contribution in [0.25, 0.3) is 0 Å². The van der Waals surface area contributed by atoms with Gasteiger partial charge in [-0.2, -0.15) is 0 Å². The average Bonchev–Trinajstić information content (AvgIpc) is 2.61. The smallest absolute Gasteiger partial charge is 0.279 e. The van der Waals surface area contributed by atoms with Gasteiger partial charge in [0.05, 0.1) is 23.8 Å². The van der Waals surface area contributed by atoms with E-state index in [0.717, 1.165) is 17.6 Å². The maximum Gasteiger partial charge on any atom is 0.279 e. The molecule has 25 heavy (non-hydrogen) atoms. The van der Waals surface area contributed by atoms with E-state index in [4.69, 9.17) is 11.6 Å². The van der Waals surface area contributed by atoms with Crippen molar-refractivity contribution in [2.24, 2.45) is 0 Å². The van der Waals surface area contributed by atoms with Gasteiger partial charge in [-0.25, -0.2) is 0 Å². The van der Waals surface area contributed by atoms with Crippen LogP contribution in [0, 0.1) is 0 Å². The SMILES string of the molecule is CC[NH+](CC)CC(=O)Nc1ccc(Br)cc1C(=O)c1ccccc1Cl. The zero-order valence-corrected chi connectivity index (χ0v) is 16.6. The number of amides is 1. The minimum Gasteiger partial charge on any atom is -0.328 e. The van der Waals surface area contributed by atoms with Crippen LogP contribution in [0.15, 0.2) is 46.9 Å². The number of carbonyl (C=O) groups excluding carboxylic acids is 2. The third kappa shape index (κ3) is 5.14. The van der Waals surface area contributed by atoms with E-state index in [0.29, 0.717) is 28.4 Å². The molecule has 2 N–H and O–H groups in total. The molecule has 0 aliphatic carbocycles. The van der Waals surface area contributed by atoms with Gasteiger partial charge >= 0.3 is 0 Å². The standard InChI is InChI=1S/C19H20BrClN2O2/c1-3-23(4-2)12-18(24)22-17-10-9-13(20)11-15(17)19(25)14-7-5-6-8-16(14)21/h5-11H,3-4,12H2,1-2H3,(H,22,24)/p+1. The average molecular weight is 425 g/mol. The first-order valence-corrected chi connectivity index (χ1v) is 9.35. The number of nitrogens with one attached hydrogen (secondary N) is 2. The Morgan fingerprint density at radius 1 is 1.08 bits per heavy atom. The maximum absolute atomic E-state index is 12.9. The molecule has 0 fully saturated rings. The number of rotatable bonds is 7. The van der Waals surface area contributed by atoms with Gasteiger partial charge in [-0.1, -0.05) is 39.7 Å². The van der Waals surface area contributed by atoms with Gasteiger partial charge in [0.25, 0.3) is 5.91 Å². The van der Waals surface area contributed by atoms with Crippen molar-refractivity contribution >= 4 is 44.9 Å². The van der Waals surface area contributed by atoms with E-state index in [1.165, 1.54) is 4.90 Å². The van der Waals surface area contributed by atoms with Gasteiger partial charge in [0, 0.05) is 15.6 Å². The molecule has 0 saturated carbocycles. The van der Waals surface area contributed by atoms with Gasteiger partial charge in [-0.3, -0.25) is 9.59 Å². The molecular weight excluding hydrogens is 404 g/mol. The van der Waals surface area contributed by atoms with Crippen LogP contribution in [0.5, 0.6) is 0 Å². The highest BCUT2D eigenvalue weighted by Crippen LogP contribution is 2.26. The van der Waals surface area contributed by atoms with Crippen LogP contribution in [0.3, 0.4) is 0 Å². The molecule has 2 aromatic carbocycles. The fraction of sp³-hybridized carbons (Fsp3) is 0.263. The van der Waals surface area contributed by atoms with Crippen molar-refractivity contribution < 1.29 is 14.5 Å². The third-order valence-electron chi connectivity index (χ3n) is 4.03. The van der Waals surface area contributed by atoms with E-state index < -0.39 is 0 Å². The first-order valence-electron chi connectivity index (χ1n) is 8.18. The summed E-state index contributed by atoms with van der Waals surface area (Å²) >= 11 is 9.53. The number of quaternary nitrogens is 1. The van der Waals surface area contributed by atoms with E-state index in [1.807, 2.05) is 13.8 Å². The van der Waals surface area contributed by atoms with Crippen molar-refractivity contribution in [1.29, 1.82) is 0 Å². The van der Waals surface area contributed by atoms with Crippen LogP contribution >= 0.6 is 27.5 Å². The second-order valence-electron chi connectivity index (χ2n) is 5.68. The lowest BCUT2D eigenvalue weighted by Crippen LogP contribution is -3.12. The van der Waals surface area contributed by atoms with Gasteiger partial charge in [0.15, 0.2) is 12.3 Å². The molecule has 0 spiro atoms. The largest absolute Gasteiger partial charge is 0.328 e. The Labute approximate surface area is 161 Å². The highest BCUT2D eigenvalue weighted by Gasteiger charge is 2.19. The van der Waals surface area contributed by atoms with E-state index in [9.17, 15) is 9.59 Å². The Morgan fingerprint density at radius 3 is 2.40 bits per heavy atom. The summed E-state index contributed by atoms with van der Waals surface area (Å²) in [5.74, 6) is -0.341. The molecule has 0 radical (unpaired) electrons. The summed E-state index contributed by atoms with van der Waals surface area (Å²) in [7, 11) is 0. The summed E-state index contributed by atoms with van der Waals surface area (Å²) in [6.07, 6.45) is 0. The van der Waals surface area contributed by atoms with Crippen molar-refractivity contribution in [3.05, 3.63) is 63.1 Å². The molecule has 0 aliphatic rings. The van der Waals surface area contributed by atoms with Crippen LogP contribution in [0.1, 0.15) is 29.8 Å². The summed E-state index contributed by atoms with van der Waals surface area (Å²) in [5, 5.41) is 3.25. The van der Waals surface area contributed by atoms with Crippen LogP contribution in [-0.2, 0) is 4.79 Å². The number of hydrogen-bond donors (Lipinski definition) is 2. The predicted molar refractivity (Wildman–Crippen MR) is 105 cm³/mol. The van der Waals surface area contributed by atoms with Gasteiger partial charge in [0.2, 0.25) is 0 Å². The lowest BCUT2D eigenvalue weighted by Gasteiger charge is -2.16. The topological polar surface area (TPSA) is 50.6 Å². The number of benzene rings is 2. The molecule has 132 valence electrons. The number of halogens is 2. The van der Waals surface area contributed by atoms with Crippen LogP contribution < -0.4 is 10.2 Å². The fourth-order valence-corrected chi connectivity index (χ4v) is 3.11. The van der Waals surface area contributed by atoms with Crippen molar-refractivity contribution in [3.8, 4) is 0 Å². The van der Waals surface area contributed by atoms with Crippen molar-refractivity contribution in [2.75, 3.05) is 25.0 Å². The molecule has 0 atom stereocenters. The van der Waals surface area contributed by atoms with E-state index in [-0.39, 0.29) is 11.7 Å². The lowest BCUT2D eigenvalue weighted by atomic mass is 10.0. The molecule has 0 aliphatic heterocycles. The van der Waals surface area contributed by atoms with Crippen molar-refractivity contribution in [3.63, 3.8) is 0 Å². The zero-order chi connectivity index (χ0) is 18.4. The Hall–Kier alpha value is -1.69. The molecule has 0 saturated heterocycles. The minimum absolute atomic E-state index is 0.116. The Bertz CT molecular complexity index is 776. The highest BCUT2D eigenvalue weighted by atomic mass is 79.9. The van der Waals surface area contributed by atoms with Crippen LogP contribution in [0.2, 0.25) is 5.02 Å². The van der Waals surface area contributed by atoms with Gasteiger partial charge < -0.3 is 10.2 Å². The van der Waals surface area contributed by atoms with E-state index in [2.05, 4.69) is 21.2 Å². The van der Waals surface area contributed by atoms with Crippen molar-refractivity contribution in [2.45, 2.75) is 13.8 Å². The molecule has 0 heterocycles.